The van der Waals surface area contributed by atoms with Gasteiger partial charge in [-0.2, -0.15) is 0 Å². The Labute approximate surface area is 151 Å². The van der Waals surface area contributed by atoms with Gasteiger partial charge in [0.1, 0.15) is 10.6 Å². The summed E-state index contributed by atoms with van der Waals surface area (Å²) >= 11 is 11.8. The Kier molecular flexibility index (Phi) is 6.33. The number of ether oxygens (including phenoxy) is 1. The first kappa shape index (κ1) is 19.3. The van der Waals surface area contributed by atoms with E-state index in [1.807, 2.05) is 7.05 Å². The topological polar surface area (TPSA) is 102 Å². The number of benzene rings is 1. The fourth-order valence-electron chi connectivity index (χ4n) is 2.49. The van der Waals surface area contributed by atoms with E-state index in [0.717, 1.165) is 18.9 Å². The Hall–Kier alpha value is -1.06. The minimum Gasteiger partial charge on any atom is -0.482 e. The van der Waals surface area contributed by atoms with E-state index in [0.29, 0.717) is 19.1 Å². The lowest BCUT2D eigenvalue weighted by Crippen LogP contribution is -2.45. The van der Waals surface area contributed by atoms with Gasteiger partial charge in [-0.05, 0) is 26.0 Å². The van der Waals surface area contributed by atoms with Gasteiger partial charge in [0.05, 0.1) is 10.0 Å². The smallest absolute Gasteiger partial charge is 0.260 e. The molecule has 10 heteroatoms. The van der Waals surface area contributed by atoms with E-state index in [1.165, 1.54) is 6.07 Å². The number of halogens is 2. The van der Waals surface area contributed by atoms with E-state index >= 15 is 0 Å². The highest BCUT2D eigenvalue weighted by Crippen LogP contribution is 2.33. The molecule has 2 rings (SSSR count). The summed E-state index contributed by atoms with van der Waals surface area (Å²) in [5.41, 5.74) is 0. The SMILES string of the molecule is CNC1CCN(C(=O)COc2cc(S(N)(=O)=O)c(Cl)cc2Cl)CC1. The summed E-state index contributed by atoms with van der Waals surface area (Å²) < 4.78 is 28.3. The molecule has 3 N–H and O–H groups in total. The molecule has 0 saturated carbocycles. The van der Waals surface area contributed by atoms with Gasteiger partial charge in [0.25, 0.3) is 5.91 Å². The highest BCUT2D eigenvalue weighted by molar-refractivity contribution is 7.89. The normalized spacial score (nSPS) is 16.2. The van der Waals surface area contributed by atoms with Crippen molar-refractivity contribution in [1.29, 1.82) is 0 Å². The minimum atomic E-state index is -4.01. The van der Waals surface area contributed by atoms with Crippen LogP contribution in [0.25, 0.3) is 0 Å². The number of hydrogen-bond donors (Lipinski definition) is 2. The lowest BCUT2D eigenvalue weighted by molar-refractivity contribution is -0.134. The number of nitrogens with two attached hydrogens (primary N) is 1. The summed E-state index contributed by atoms with van der Waals surface area (Å²) in [7, 11) is -2.11. The zero-order valence-electron chi connectivity index (χ0n) is 13.1. The van der Waals surface area contributed by atoms with Crippen molar-refractivity contribution < 1.29 is 17.9 Å². The molecule has 1 aliphatic heterocycles. The van der Waals surface area contributed by atoms with Crippen molar-refractivity contribution in [2.75, 3.05) is 26.7 Å². The van der Waals surface area contributed by atoms with Crippen molar-refractivity contribution in [2.45, 2.75) is 23.8 Å². The minimum absolute atomic E-state index is 0.0450. The van der Waals surface area contributed by atoms with E-state index in [-0.39, 0.29) is 33.2 Å². The molecule has 0 aliphatic carbocycles. The Bertz CT molecular complexity index is 719. The van der Waals surface area contributed by atoms with Gasteiger partial charge in [-0.25, -0.2) is 13.6 Å². The number of likely N-dealkylation sites (tertiary alicyclic amines) is 1. The van der Waals surface area contributed by atoms with Gasteiger partial charge < -0.3 is 15.0 Å². The quantitative estimate of drug-likeness (QED) is 0.780. The number of hydrogen-bond acceptors (Lipinski definition) is 5. The van der Waals surface area contributed by atoms with Gasteiger partial charge in [-0.15, -0.1) is 0 Å². The fourth-order valence-corrected chi connectivity index (χ4v) is 3.85. The molecule has 24 heavy (non-hydrogen) atoms. The average molecular weight is 396 g/mol. The molecule has 0 unspecified atom stereocenters. The Balaban J connectivity index is 2.03. The molecule has 1 fully saturated rings. The molecule has 7 nitrogen and oxygen atoms in total. The van der Waals surface area contributed by atoms with Gasteiger partial charge in [0, 0.05) is 25.2 Å². The third kappa shape index (κ3) is 4.73. The molecule has 1 aromatic carbocycles. The van der Waals surface area contributed by atoms with Gasteiger partial charge in [-0.1, -0.05) is 23.2 Å². The molecule has 1 heterocycles. The van der Waals surface area contributed by atoms with Gasteiger partial charge >= 0.3 is 0 Å². The molecule has 1 aromatic rings. The van der Waals surface area contributed by atoms with Crippen molar-refractivity contribution in [1.82, 2.24) is 10.2 Å². The van der Waals surface area contributed by atoms with Crippen molar-refractivity contribution >= 4 is 39.1 Å². The Morgan fingerprint density at radius 1 is 1.33 bits per heavy atom. The van der Waals surface area contributed by atoms with Crippen LogP contribution in [0.5, 0.6) is 5.75 Å². The van der Waals surface area contributed by atoms with Crippen molar-refractivity contribution in [3.63, 3.8) is 0 Å². The molecule has 1 aliphatic rings. The summed E-state index contributed by atoms with van der Waals surface area (Å²) in [4.78, 5) is 13.6. The monoisotopic (exact) mass is 395 g/mol. The standard InChI is InChI=1S/C14H19Cl2N3O4S/c1-18-9-2-4-19(5-3-9)14(20)8-23-12-7-13(24(17,21)22)11(16)6-10(12)15/h6-7,9,18H,2-5,8H2,1H3,(H2,17,21,22). The summed E-state index contributed by atoms with van der Waals surface area (Å²) in [5.74, 6) is -0.142. The van der Waals surface area contributed by atoms with Crippen LogP contribution in [0.3, 0.4) is 0 Å². The van der Waals surface area contributed by atoms with Crippen LogP contribution in [0.2, 0.25) is 10.0 Å². The maximum absolute atomic E-state index is 12.2. The Morgan fingerprint density at radius 2 is 1.96 bits per heavy atom. The van der Waals surface area contributed by atoms with Gasteiger partial charge in [0.15, 0.2) is 6.61 Å². The third-order valence-electron chi connectivity index (χ3n) is 3.90. The molecular weight excluding hydrogens is 377 g/mol. The summed E-state index contributed by atoms with van der Waals surface area (Å²) in [6.07, 6.45) is 1.75. The first-order valence-corrected chi connectivity index (χ1v) is 9.62. The predicted octanol–water partition coefficient (Wildman–Crippen LogP) is 1.23. The zero-order valence-corrected chi connectivity index (χ0v) is 15.4. The van der Waals surface area contributed by atoms with E-state index in [1.54, 1.807) is 4.90 Å². The van der Waals surface area contributed by atoms with E-state index < -0.39 is 10.0 Å². The molecule has 1 saturated heterocycles. The second kappa shape index (κ2) is 7.88. The first-order valence-electron chi connectivity index (χ1n) is 7.32. The van der Waals surface area contributed by atoms with Crippen molar-refractivity contribution in [3.05, 3.63) is 22.2 Å². The zero-order chi connectivity index (χ0) is 17.9. The molecule has 0 radical (unpaired) electrons. The summed E-state index contributed by atoms with van der Waals surface area (Å²) in [5, 5.41) is 8.27. The van der Waals surface area contributed by atoms with Crippen LogP contribution in [0.4, 0.5) is 0 Å². The number of sulfonamides is 1. The maximum atomic E-state index is 12.2. The van der Waals surface area contributed by atoms with Crippen LogP contribution >= 0.6 is 23.2 Å². The number of piperidine rings is 1. The third-order valence-corrected chi connectivity index (χ3v) is 5.57. The first-order chi connectivity index (χ1) is 11.2. The highest BCUT2D eigenvalue weighted by atomic mass is 35.5. The Morgan fingerprint density at radius 3 is 2.50 bits per heavy atom. The van der Waals surface area contributed by atoms with Crippen molar-refractivity contribution in [3.8, 4) is 5.75 Å². The molecular formula is C14H19Cl2N3O4S. The van der Waals surface area contributed by atoms with Crippen LogP contribution in [-0.4, -0.2) is 52.0 Å². The average Bonchev–Trinajstić information content (AvgIpc) is 2.52. The van der Waals surface area contributed by atoms with Crippen LogP contribution in [-0.2, 0) is 14.8 Å². The second-order valence-electron chi connectivity index (χ2n) is 5.49. The summed E-state index contributed by atoms with van der Waals surface area (Å²) in [6.45, 7) is 1.05. The lowest BCUT2D eigenvalue weighted by Gasteiger charge is -2.31. The molecule has 0 atom stereocenters. The van der Waals surface area contributed by atoms with E-state index in [4.69, 9.17) is 33.1 Å². The number of rotatable bonds is 5. The number of carbonyl (C=O) groups is 1. The summed E-state index contributed by atoms with van der Waals surface area (Å²) in [6, 6.07) is 2.76. The number of carbonyl (C=O) groups excluding carboxylic acids is 1. The molecule has 0 bridgehead atoms. The van der Waals surface area contributed by atoms with Crippen LogP contribution in [0, 0.1) is 0 Å². The second-order valence-corrected chi connectivity index (χ2v) is 7.83. The largest absolute Gasteiger partial charge is 0.482 e. The molecule has 0 spiro atoms. The lowest BCUT2D eigenvalue weighted by atomic mass is 10.1. The fraction of sp³-hybridized carbons (Fsp3) is 0.500. The number of nitrogens with one attached hydrogen (secondary N) is 1. The number of primary sulfonamides is 1. The van der Waals surface area contributed by atoms with E-state index in [2.05, 4.69) is 5.32 Å². The van der Waals surface area contributed by atoms with Gasteiger partial charge in [0.2, 0.25) is 10.0 Å². The number of nitrogens with zero attached hydrogens (tertiary/aromatic N) is 1. The van der Waals surface area contributed by atoms with Crippen LogP contribution in [0.15, 0.2) is 17.0 Å². The van der Waals surface area contributed by atoms with Gasteiger partial charge in [-0.3, -0.25) is 4.79 Å². The number of amides is 1. The highest BCUT2D eigenvalue weighted by Gasteiger charge is 2.23. The maximum Gasteiger partial charge on any atom is 0.260 e. The van der Waals surface area contributed by atoms with Crippen LogP contribution < -0.4 is 15.2 Å². The van der Waals surface area contributed by atoms with Crippen LogP contribution in [0.1, 0.15) is 12.8 Å². The molecule has 134 valence electrons. The predicted molar refractivity (Wildman–Crippen MR) is 92.0 cm³/mol. The van der Waals surface area contributed by atoms with Crippen molar-refractivity contribution in [2.24, 2.45) is 5.14 Å². The van der Waals surface area contributed by atoms with E-state index in [9.17, 15) is 13.2 Å². The molecule has 1 amide bonds. The molecule has 0 aromatic heterocycles.